The number of ether oxygens (including phenoxy) is 1. The summed E-state index contributed by atoms with van der Waals surface area (Å²) in [6, 6.07) is 0. The van der Waals surface area contributed by atoms with Crippen LogP contribution in [0.2, 0.25) is 0 Å². The van der Waals surface area contributed by atoms with Crippen LogP contribution in [0.3, 0.4) is 0 Å². The van der Waals surface area contributed by atoms with Gasteiger partial charge in [0.15, 0.2) is 12.4 Å². The zero-order valence-corrected chi connectivity index (χ0v) is 11.1. The summed E-state index contributed by atoms with van der Waals surface area (Å²) >= 11 is 0. The normalized spacial score (nSPS) is 38.9. The van der Waals surface area contributed by atoms with Gasteiger partial charge in [-0.15, -0.1) is 6.42 Å². The van der Waals surface area contributed by atoms with Crippen molar-refractivity contribution in [2.45, 2.75) is 39.5 Å². The van der Waals surface area contributed by atoms with E-state index in [9.17, 15) is 9.59 Å². The van der Waals surface area contributed by atoms with Gasteiger partial charge in [-0.25, -0.2) is 0 Å². The topological polar surface area (TPSA) is 43.4 Å². The number of esters is 1. The van der Waals surface area contributed by atoms with Crippen LogP contribution in [0.4, 0.5) is 0 Å². The molecule has 4 atom stereocenters. The van der Waals surface area contributed by atoms with Crippen molar-refractivity contribution in [3.8, 4) is 12.3 Å². The maximum atomic E-state index is 12.3. The second kappa shape index (κ2) is 4.76. The number of carbonyl (C=O) groups is 2. The van der Waals surface area contributed by atoms with Crippen molar-refractivity contribution in [2.24, 2.45) is 23.2 Å². The molecule has 3 nitrogen and oxygen atoms in total. The fourth-order valence-electron chi connectivity index (χ4n) is 3.64. The summed E-state index contributed by atoms with van der Waals surface area (Å²) in [7, 11) is 0. The summed E-state index contributed by atoms with van der Waals surface area (Å²) in [5, 5.41) is 0. The van der Waals surface area contributed by atoms with Crippen LogP contribution in [-0.4, -0.2) is 18.4 Å². The van der Waals surface area contributed by atoms with Crippen LogP contribution in [0, 0.1) is 35.5 Å². The monoisotopic (exact) mass is 248 g/mol. The summed E-state index contributed by atoms with van der Waals surface area (Å²) in [5.74, 6) is 1.84. The first kappa shape index (κ1) is 13.1. The second-order valence-corrected chi connectivity index (χ2v) is 5.86. The molecule has 0 aromatic heterocycles. The first-order valence-corrected chi connectivity index (χ1v) is 6.64. The van der Waals surface area contributed by atoms with Gasteiger partial charge in [0.25, 0.3) is 0 Å². The molecule has 0 N–H and O–H groups in total. The van der Waals surface area contributed by atoms with Crippen LogP contribution in [0.25, 0.3) is 0 Å². The van der Waals surface area contributed by atoms with Gasteiger partial charge in [-0.05, 0) is 24.2 Å². The largest absolute Gasteiger partial charge is 0.452 e. The van der Waals surface area contributed by atoms with Crippen molar-refractivity contribution in [3.05, 3.63) is 0 Å². The van der Waals surface area contributed by atoms with Crippen molar-refractivity contribution < 1.29 is 14.3 Å². The van der Waals surface area contributed by atoms with Crippen molar-refractivity contribution in [3.63, 3.8) is 0 Å². The van der Waals surface area contributed by atoms with Crippen molar-refractivity contribution in [2.75, 3.05) is 6.61 Å². The van der Waals surface area contributed by atoms with E-state index in [0.29, 0.717) is 12.3 Å². The lowest BCUT2D eigenvalue weighted by Crippen LogP contribution is -2.35. The lowest BCUT2D eigenvalue weighted by Gasteiger charge is -2.40. The average molecular weight is 248 g/mol. The molecule has 3 heteroatoms. The van der Waals surface area contributed by atoms with Gasteiger partial charge < -0.3 is 4.74 Å². The number of fused-ring (bicyclic) bond motifs is 1. The molecule has 98 valence electrons. The Labute approximate surface area is 108 Å². The van der Waals surface area contributed by atoms with Crippen LogP contribution < -0.4 is 0 Å². The first-order chi connectivity index (χ1) is 8.50. The summed E-state index contributed by atoms with van der Waals surface area (Å²) < 4.78 is 4.94. The number of terminal acetylenes is 1. The van der Waals surface area contributed by atoms with Gasteiger partial charge in [0.05, 0.1) is 0 Å². The van der Waals surface area contributed by atoms with Gasteiger partial charge in [0.1, 0.15) is 5.92 Å². The molecule has 0 aromatic rings. The Morgan fingerprint density at radius 1 is 1.56 bits per heavy atom. The van der Waals surface area contributed by atoms with E-state index in [0.717, 1.165) is 19.3 Å². The molecule has 2 fully saturated rings. The smallest absolute Gasteiger partial charge is 0.317 e. The Hall–Kier alpha value is -1.30. The van der Waals surface area contributed by atoms with Gasteiger partial charge in [-0.1, -0.05) is 32.6 Å². The van der Waals surface area contributed by atoms with E-state index in [-0.39, 0.29) is 23.7 Å². The predicted molar refractivity (Wildman–Crippen MR) is 67.5 cm³/mol. The van der Waals surface area contributed by atoms with Crippen LogP contribution >= 0.6 is 0 Å². The average Bonchev–Trinajstić information content (AvgIpc) is 2.62. The zero-order valence-electron chi connectivity index (χ0n) is 11.1. The Kier molecular flexibility index (Phi) is 3.47. The van der Waals surface area contributed by atoms with E-state index in [1.54, 1.807) is 0 Å². The molecular formula is C15H20O3. The Morgan fingerprint density at radius 2 is 2.28 bits per heavy atom. The molecule has 0 saturated heterocycles. The van der Waals surface area contributed by atoms with Crippen molar-refractivity contribution in [1.29, 1.82) is 0 Å². The van der Waals surface area contributed by atoms with Crippen LogP contribution in [0.5, 0.6) is 0 Å². The highest BCUT2D eigenvalue weighted by Crippen LogP contribution is 2.55. The van der Waals surface area contributed by atoms with Crippen LogP contribution in [0.1, 0.15) is 39.5 Å². The van der Waals surface area contributed by atoms with E-state index in [1.165, 1.54) is 0 Å². The van der Waals surface area contributed by atoms with Crippen molar-refractivity contribution >= 4 is 11.8 Å². The molecule has 0 spiro atoms. The number of hydrogen-bond donors (Lipinski definition) is 0. The maximum absolute atomic E-state index is 12.3. The molecular weight excluding hydrogens is 228 g/mol. The minimum Gasteiger partial charge on any atom is -0.452 e. The maximum Gasteiger partial charge on any atom is 0.317 e. The van der Waals surface area contributed by atoms with E-state index >= 15 is 0 Å². The third kappa shape index (κ3) is 1.94. The van der Waals surface area contributed by atoms with E-state index in [2.05, 4.69) is 19.8 Å². The lowest BCUT2D eigenvalue weighted by atomic mass is 9.63. The van der Waals surface area contributed by atoms with Crippen LogP contribution in [0.15, 0.2) is 0 Å². The molecule has 0 aromatic carbocycles. The zero-order chi connectivity index (χ0) is 13.3. The number of carbonyl (C=O) groups excluding carboxylic acids is 2. The Balaban J connectivity index is 2.15. The highest BCUT2D eigenvalue weighted by molar-refractivity contribution is 6.02. The third-order valence-corrected chi connectivity index (χ3v) is 4.96. The fourth-order valence-corrected chi connectivity index (χ4v) is 3.64. The summed E-state index contributed by atoms with van der Waals surface area (Å²) in [6.45, 7) is 4.29. The van der Waals surface area contributed by atoms with Gasteiger partial charge >= 0.3 is 5.97 Å². The number of Topliss-reactive ketones (excluding diaryl/α,β-unsaturated/α-hetero) is 1. The molecule has 18 heavy (non-hydrogen) atoms. The van der Waals surface area contributed by atoms with Gasteiger partial charge in [-0.3, -0.25) is 9.59 Å². The summed E-state index contributed by atoms with van der Waals surface area (Å²) in [4.78, 5) is 24.2. The van der Waals surface area contributed by atoms with Crippen LogP contribution in [-0.2, 0) is 14.3 Å². The Bertz CT molecular complexity index is 406. The predicted octanol–water partition coefficient (Wildman–Crippen LogP) is 2.19. The minimum absolute atomic E-state index is 0.0321. The van der Waals surface area contributed by atoms with Crippen molar-refractivity contribution in [1.82, 2.24) is 0 Å². The Morgan fingerprint density at radius 3 is 2.89 bits per heavy atom. The third-order valence-electron chi connectivity index (χ3n) is 4.96. The van der Waals surface area contributed by atoms with E-state index in [4.69, 9.17) is 11.2 Å². The fraction of sp³-hybridized carbons (Fsp3) is 0.733. The quantitative estimate of drug-likeness (QED) is 0.427. The SMILES string of the molecule is C#CCOC(=O)[C@H]1C[C@@]2(C)[C@H](CCC[C@@H]2C)C1=O. The number of rotatable bonds is 2. The molecule has 0 bridgehead atoms. The summed E-state index contributed by atoms with van der Waals surface area (Å²) in [5.41, 5.74) is -0.0326. The molecule has 0 aliphatic heterocycles. The lowest BCUT2D eigenvalue weighted by molar-refractivity contribution is -0.150. The second-order valence-electron chi connectivity index (χ2n) is 5.86. The molecule has 2 aliphatic rings. The molecule has 2 rings (SSSR count). The first-order valence-electron chi connectivity index (χ1n) is 6.64. The van der Waals surface area contributed by atoms with Gasteiger partial charge in [0, 0.05) is 5.92 Å². The molecule has 0 unspecified atom stereocenters. The molecule has 0 amide bonds. The highest BCUT2D eigenvalue weighted by Gasteiger charge is 2.56. The number of hydrogen-bond acceptors (Lipinski definition) is 3. The molecule has 2 saturated carbocycles. The molecule has 0 radical (unpaired) electrons. The highest BCUT2D eigenvalue weighted by atomic mass is 16.5. The van der Waals surface area contributed by atoms with Gasteiger partial charge in [-0.2, -0.15) is 0 Å². The molecule has 0 heterocycles. The number of ketones is 1. The van der Waals surface area contributed by atoms with E-state index in [1.807, 2.05) is 0 Å². The van der Waals surface area contributed by atoms with Gasteiger partial charge in [0.2, 0.25) is 0 Å². The summed E-state index contributed by atoms with van der Waals surface area (Å²) in [6.07, 6.45) is 8.83. The molecule has 2 aliphatic carbocycles. The standard InChI is InChI=1S/C15H20O3/c1-4-8-18-14(17)11-9-15(3)10(2)6-5-7-12(15)13(11)16/h1,10-12H,5-9H2,2-3H3/t10-,11-,12+,15+/m0/s1. The van der Waals surface area contributed by atoms with E-state index < -0.39 is 11.9 Å². The minimum atomic E-state index is -0.589.